The lowest BCUT2D eigenvalue weighted by molar-refractivity contribution is -0.126. The van der Waals surface area contributed by atoms with Crippen molar-refractivity contribution in [3.05, 3.63) is 35.4 Å². The number of amides is 2. The van der Waals surface area contributed by atoms with E-state index in [1.54, 1.807) is 45.0 Å². The van der Waals surface area contributed by atoms with Crippen LogP contribution in [-0.4, -0.2) is 58.0 Å². The first kappa shape index (κ1) is 20.7. The number of hydrogen-bond donors (Lipinski definition) is 3. The summed E-state index contributed by atoms with van der Waals surface area (Å²) >= 11 is 0. The highest BCUT2D eigenvalue weighted by Crippen LogP contribution is 2.23. The van der Waals surface area contributed by atoms with Crippen LogP contribution in [0.5, 0.6) is 0 Å². The van der Waals surface area contributed by atoms with Crippen LogP contribution < -0.4 is 5.32 Å². The predicted molar refractivity (Wildman–Crippen MR) is 99.7 cm³/mol. The molecule has 0 aromatic heterocycles. The van der Waals surface area contributed by atoms with Gasteiger partial charge in [-0.05, 0) is 38.5 Å². The summed E-state index contributed by atoms with van der Waals surface area (Å²) in [4.78, 5) is 26.3. The minimum atomic E-state index is -0.867. The molecule has 0 saturated carbocycles. The van der Waals surface area contributed by atoms with Crippen LogP contribution in [0, 0.1) is 12.3 Å². The molecular formula is C20H26N2O5. The Kier molecular flexibility index (Phi) is 6.47. The molecular weight excluding hydrogens is 348 g/mol. The lowest BCUT2D eigenvalue weighted by Crippen LogP contribution is -2.48. The smallest absolute Gasteiger partial charge is 0.411 e. The molecule has 1 aromatic rings. The Balaban J connectivity index is 2.11. The fourth-order valence-corrected chi connectivity index (χ4v) is 2.90. The Labute approximate surface area is 159 Å². The number of carbonyl (C=O) groups excluding carboxylic acids is 2. The third-order valence-electron chi connectivity index (χ3n) is 4.19. The van der Waals surface area contributed by atoms with Crippen LogP contribution >= 0.6 is 0 Å². The van der Waals surface area contributed by atoms with Crippen LogP contribution in [0.3, 0.4) is 0 Å². The number of aliphatic hydroxyl groups is 2. The van der Waals surface area contributed by atoms with Gasteiger partial charge in [-0.25, -0.2) is 4.79 Å². The summed E-state index contributed by atoms with van der Waals surface area (Å²) in [6, 6.07) is 5.38. The van der Waals surface area contributed by atoms with Gasteiger partial charge in [-0.1, -0.05) is 18.1 Å². The van der Waals surface area contributed by atoms with Gasteiger partial charge >= 0.3 is 6.09 Å². The topological polar surface area (TPSA) is 99.1 Å². The van der Waals surface area contributed by atoms with Crippen LogP contribution in [0.1, 0.15) is 44.4 Å². The molecule has 146 valence electrons. The van der Waals surface area contributed by atoms with Crippen LogP contribution in [0.25, 0.3) is 0 Å². The molecule has 7 nitrogen and oxygen atoms in total. The van der Waals surface area contributed by atoms with Crippen LogP contribution in [-0.2, 0) is 9.53 Å². The molecule has 2 amide bonds. The lowest BCUT2D eigenvalue weighted by atomic mass is 10.0. The first-order valence-corrected chi connectivity index (χ1v) is 8.80. The molecule has 0 unspecified atom stereocenters. The third-order valence-corrected chi connectivity index (χ3v) is 4.19. The first-order valence-electron chi connectivity index (χ1n) is 8.80. The van der Waals surface area contributed by atoms with Crippen molar-refractivity contribution in [2.45, 2.75) is 51.0 Å². The minimum absolute atomic E-state index is 0.0215. The second-order valence-electron chi connectivity index (χ2n) is 7.55. The van der Waals surface area contributed by atoms with Crippen molar-refractivity contribution in [3.8, 4) is 12.3 Å². The van der Waals surface area contributed by atoms with Crippen molar-refractivity contribution in [1.82, 2.24) is 10.2 Å². The summed E-state index contributed by atoms with van der Waals surface area (Å²) in [5, 5.41) is 22.3. The number of likely N-dealkylation sites (tertiary alicyclic amines) is 1. The number of ether oxygens (including phenoxy) is 1. The fourth-order valence-electron chi connectivity index (χ4n) is 2.90. The highest BCUT2D eigenvalue weighted by Gasteiger charge is 2.41. The Bertz CT molecular complexity index is 717. The van der Waals surface area contributed by atoms with Crippen molar-refractivity contribution in [3.63, 3.8) is 0 Å². The Morgan fingerprint density at radius 1 is 1.37 bits per heavy atom. The molecule has 2 rings (SSSR count). The summed E-state index contributed by atoms with van der Waals surface area (Å²) in [5.41, 5.74) is 0.668. The van der Waals surface area contributed by atoms with Crippen molar-refractivity contribution in [2.75, 3.05) is 13.2 Å². The quantitative estimate of drug-likeness (QED) is 0.688. The van der Waals surface area contributed by atoms with Crippen molar-refractivity contribution in [2.24, 2.45) is 0 Å². The average molecular weight is 374 g/mol. The number of benzene rings is 1. The molecule has 0 bridgehead atoms. The van der Waals surface area contributed by atoms with Gasteiger partial charge in [-0.2, -0.15) is 0 Å². The van der Waals surface area contributed by atoms with Crippen molar-refractivity contribution < 1.29 is 24.5 Å². The van der Waals surface area contributed by atoms with Gasteiger partial charge in [0.1, 0.15) is 11.6 Å². The van der Waals surface area contributed by atoms with Crippen LogP contribution in [0.2, 0.25) is 0 Å². The van der Waals surface area contributed by atoms with Gasteiger partial charge in [0.05, 0.1) is 25.3 Å². The summed E-state index contributed by atoms with van der Waals surface area (Å²) in [5.74, 6) is 2.04. The highest BCUT2D eigenvalue weighted by atomic mass is 16.6. The van der Waals surface area contributed by atoms with Crippen LogP contribution in [0.15, 0.2) is 24.3 Å². The van der Waals surface area contributed by atoms with Crippen LogP contribution in [0.4, 0.5) is 4.79 Å². The van der Waals surface area contributed by atoms with E-state index < -0.39 is 35.8 Å². The zero-order valence-corrected chi connectivity index (χ0v) is 15.8. The van der Waals surface area contributed by atoms with E-state index in [-0.39, 0.29) is 19.6 Å². The number of nitrogens with one attached hydrogen (secondary N) is 1. The molecule has 1 heterocycles. The van der Waals surface area contributed by atoms with Gasteiger partial charge in [0.2, 0.25) is 5.91 Å². The highest BCUT2D eigenvalue weighted by molar-refractivity contribution is 5.86. The van der Waals surface area contributed by atoms with E-state index in [9.17, 15) is 19.8 Å². The number of β-amino-alcohol motifs (C(OH)–C–C–N with tert-alkyl or cyclic N) is 1. The largest absolute Gasteiger partial charge is 0.444 e. The van der Waals surface area contributed by atoms with E-state index in [1.165, 1.54) is 4.90 Å². The fraction of sp³-hybridized carbons (Fsp3) is 0.500. The summed E-state index contributed by atoms with van der Waals surface area (Å²) in [6.07, 6.45) is 3.98. The molecule has 0 radical (unpaired) electrons. The molecule has 3 atom stereocenters. The second kappa shape index (κ2) is 8.42. The number of carbonyl (C=O) groups is 2. The van der Waals surface area contributed by atoms with E-state index in [2.05, 4.69) is 11.2 Å². The first-order chi connectivity index (χ1) is 12.6. The van der Waals surface area contributed by atoms with E-state index in [1.807, 2.05) is 0 Å². The van der Waals surface area contributed by atoms with Gasteiger partial charge in [-0.15, -0.1) is 6.42 Å². The number of terminal acetylenes is 1. The van der Waals surface area contributed by atoms with E-state index in [0.29, 0.717) is 11.1 Å². The summed E-state index contributed by atoms with van der Waals surface area (Å²) in [7, 11) is 0. The maximum atomic E-state index is 12.7. The number of nitrogens with zero attached hydrogens (tertiary/aromatic N) is 1. The minimum Gasteiger partial charge on any atom is -0.444 e. The SMILES string of the molecule is C#Cc1ccc([C@H](CO)NC(=O)[C@@H]2C[C@@H](O)CN2C(=O)OC(C)(C)C)cc1. The number of rotatable bonds is 4. The van der Waals surface area contributed by atoms with Crippen molar-refractivity contribution >= 4 is 12.0 Å². The monoisotopic (exact) mass is 374 g/mol. The molecule has 0 spiro atoms. The molecule has 1 aliphatic rings. The standard InChI is InChI=1S/C20H26N2O5/c1-5-13-6-8-14(9-7-13)16(12-23)21-18(25)17-10-15(24)11-22(17)19(26)27-20(2,3)4/h1,6-9,15-17,23-24H,10-12H2,2-4H3,(H,21,25)/t15-,16+,17+/m1/s1. The zero-order chi connectivity index (χ0) is 20.2. The molecule has 1 fully saturated rings. The number of aliphatic hydroxyl groups excluding tert-OH is 2. The van der Waals surface area contributed by atoms with Gasteiger partial charge in [0.25, 0.3) is 0 Å². The normalized spacial score (nSPS) is 20.7. The molecule has 3 N–H and O–H groups in total. The van der Waals surface area contributed by atoms with Gasteiger partial charge in [-0.3, -0.25) is 9.69 Å². The van der Waals surface area contributed by atoms with E-state index in [4.69, 9.17) is 11.2 Å². The van der Waals surface area contributed by atoms with Gasteiger partial charge in [0.15, 0.2) is 0 Å². The van der Waals surface area contributed by atoms with E-state index >= 15 is 0 Å². The predicted octanol–water partition coefficient (Wildman–Crippen LogP) is 1.19. The van der Waals surface area contributed by atoms with Gasteiger partial charge in [0, 0.05) is 12.0 Å². The molecule has 27 heavy (non-hydrogen) atoms. The summed E-state index contributed by atoms with van der Waals surface area (Å²) in [6.45, 7) is 4.90. The number of hydrogen-bond acceptors (Lipinski definition) is 5. The molecule has 1 aromatic carbocycles. The Hall–Kier alpha value is -2.56. The second-order valence-corrected chi connectivity index (χ2v) is 7.55. The Morgan fingerprint density at radius 2 is 2.00 bits per heavy atom. The maximum Gasteiger partial charge on any atom is 0.411 e. The molecule has 7 heteroatoms. The van der Waals surface area contributed by atoms with Crippen molar-refractivity contribution in [1.29, 1.82) is 0 Å². The third kappa shape index (κ3) is 5.46. The summed E-state index contributed by atoms with van der Waals surface area (Å²) < 4.78 is 5.32. The molecule has 1 aliphatic heterocycles. The van der Waals surface area contributed by atoms with Gasteiger partial charge < -0.3 is 20.3 Å². The molecule has 0 aliphatic carbocycles. The Morgan fingerprint density at radius 3 is 2.52 bits per heavy atom. The average Bonchev–Trinajstić information content (AvgIpc) is 3.00. The molecule has 1 saturated heterocycles. The maximum absolute atomic E-state index is 12.7. The zero-order valence-electron chi connectivity index (χ0n) is 15.8. The van der Waals surface area contributed by atoms with E-state index in [0.717, 1.165) is 0 Å². The lowest BCUT2D eigenvalue weighted by Gasteiger charge is -2.28.